The van der Waals surface area contributed by atoms with Crippen LogP contribution in [0.15, 0.2) is 30.9 Å². The standard InChI is InChI=1S/C14H13F5N2O7S/c1-2-5-27-12(23)21-9-4-3-7(6-8(9)20)10(22)28-11(13(15,16)17)14(18,19)29(24,25)26/h2-4,6,11H,1,5,20H2,(H,21,23)(H,24,25,26)/p-1. The quantitative estimate of drug-likeness (QED) is 0.213. The van der Waals surface area contributed by atoms with E-state index in [4.69, 9.17) is 5.73 Å². The summed E-state index contributed by atoms with van der Waals surface area (Å²) in [6.07, 6.45) is -10.4. The van der Waals surface area contributed by atoms with E-state index in [1.807, 2.05) is 0 Å². The molecule has 0 radical (unpaired) electrons. The molecule has 0 aliphatic heterocycles. The highest BCUT2D eigenvalue weighted by Gasteiger charge is 2.63. The maximum Gasteiger partial charge on any atom is 0.432 e. The predicted molar refractivity (Wildman–Crippen MR) is 85.9 cm³/mol. The molecule has 29 heavy (non-hydrogen) atoms. The highest BCUT2D eigenvalue weighted by Crippen LogP contribution is 2.38. The smallest absolute Gasteiger partial charge is 0.432 e. The number of anilines is 2. The minimum absolute atomic E-state index is 0.157. The average molecular weight is 447 g/mol. The molecule has 3 N–H and O–H groups in total. The van der Waals surface area contributed by atoms with Gasteiger partial charge in [-0.15, -0.1) is 0 Å². The predicted octanol–water partition coefficient (Wildman–Crippen LogP) is 2.23. The molecule has 162 valence electrons. The fraction of sp³-hybridized carbons (Fsp3) is 0.286. The molecule has 1 amide bonds. The summed E-state index contributed by atoms with van der Waals surface area (Å²) in [5.41, 5.74) is 4.13. The Bertz CT molecular complexity index is 902. The Kier molecular flexibility index (Phi) is 7.15. The van der Waals surface area contributed by atoms with Gasteiger partial charge in [0, 0.05) is 0 Å². The Morgan fingerprint density at radius 3 is 2.31 bits per heavy atom. The Balaban J connectivity index is 3.10. The molecule has 1 rings (SSSR count). The number of benzene rings is 1. The van der Waals surface area contributed by atoms with E-state index in [0.29, 0.717) is 6.07 Å². The van der Waals surface area contributed by atoms with Crippen LogP contribution in [0.25, 0.3) is 0 Å². The number of alkyl halides is 5. The molecule has 1 unspecified atom stereocenters. The molecular weight excluding hydrogens is 435 g/mol. The third-order valence-corrected chi connectivity index (χ3v) is 3.90. The SMILES string of the molecule is C=CCOC(=O)Nc1ccc(C(=O)OC(C(F)(F)F)C(F)(F)S(=O)(=O)[O-])cc1N. The van der Waals surface area contributed by atoms with Crippen molar-refractivity contribution >= 4 is 33.6 Å². The average Bonchev–Trinajstić information content (AvgIpc) is 2.57. The van der Waals surface area contributed by atoms with Crippen LogP contribution in [0.4, 0.5) is 38.1 Å². The van der Waals surface area contributed by atoms with Gasteiger partial charge in [-0.05, 0) is 18.2 Å². The molecule has 0 aromatic heterocycles. The van der Waals surface area contributed by atoms with Gasteiger partial charge in [0.15, 0.2) is 10.1 Å². The molecule has 15 heteroatoms. The zero-order valence-electron chi connectivity index (χ0n) is 14.0. The summed E-state index contributed by atoms with van der Waals surface area (Å²) in [5, 5.41) is -3.87. The normalized spacial score (nSPS) is 13.3. The molecule has 0 bridgehead atoms. The maximum absolute atomic E-state index is 13.4. The molecule has 0 aliphatic carbocycles. The van der Waals surface area contributed by atoms with Crippen LogP contribution >= 0.6 is 0 Å². The van der Waals surface area contributed by atoms with Crippen molar-refractivity contribution in [3.05, 3.63) is 36.4 Å². The van der Waals surface area contributed by atoms with Crippen molar-refractivity contribution in [2.24, 2.45) is 0 Å². The minimum atomic E-state index is -6.82. The van der Waals surface area contributed by atoms with Gasteiger partial charge in [-0.3, -0.25) is 5.32 Å². The molecule has 1 atom stereocenters. The van der Waals surface area contributed by atoms with E-state index < -0.39 is 51.0 Å². The number of nitrogens with two attached hydrogens (primary N) is 1. The van der Waals surface area contributed by atoms with Crippen LogP contribution in [-0.4, -0.2) is 49.2 Å². The van der Waals surface area contributed by atoms with Gasteiger partial charge in [0.1, 0.15) is 6.61 Å². The monoisotopic (exact) mass is 447 g/mol. The van der Waals surface area contributed by atoms with E-state index in [9.17, 15) is 44.5 Å². The van der Waals surface area contributed by atoms with Gasteiger partial charge in [0.05, 0.1) is 16.9 Å². The van der Waals surface area contributed by atoms with Crippen LogP contribution in [0, 0.1) is 0 Å². The summed E-state index contributed by atoms with van der Waals surface area (Å²) in [5.74, 6) is -2.05. The summed E-state index contributed by atoms with van der Waals surface area (Å²) in [6.45, 7) is 3.13. The van der Waals surface area contributed by atoms with Crippen LogP contribution in [0.1, 0.15) is 10.4 Å². The third-order valence-electron chi connectivity index (χ3n) is 3.02. The minimum Gasteiger partial charge on any atom is -0.743 e. The molecule has 1 aromatic rings. The van der Waals surface area contributed by atoms with Gasteiger partial charge in [-0.1, -0.05) is 12.7 Å². The second-order valence-electron chi connectivity index (χ2n) is 5.16. The van der Waals surface area contributed by atoms with Crippen molar-refractivity contribution in [3.8, 4) is 0 Å². The molecule has 0 spiro atoms. The van der Waals surface area contributed by atoms with Gasteiger partial charge in [0.2, 0.25) is 0 Å². The zero-order valence-corrected chi connectivity index (χ0v) is 14.9. The summed E-state index contributed by atoms with van der Waals surface area (Å²) in [4.78, 5) is 23.2. The number of nitrogens with one attached hydrogen (secondary N) is 1. The van der Waals surface area contributed by atoms with Crippen molar-refractivity contribution in [1.29, 1.82) is 0 Å². The van der Waals surface area contributed by atoms with Gasteiger partial charge in [-0.25, -0.2) is 18.0 Å². The molecule has 0 heterocycles. The largest absolute Gasteiger partial charge is 0.743 e. The number of amides is 1. The van der Waals surface area contributed by atoms with E-state index in [1.165, 1.54) is 6.08 Å². The Morgan fingerprint density at radius 2 is 1.86 bits per heavy atom. The number of halogens is 5. The molecule has 0 saturated carbocycles. The van der Waals surface area contributed by atoms with E-state index in [1.54, 1.807) is 0 Å². The lowest BCUT2D eigenvalue weighted by Gasteiger charge is -2.29. The van der Waals surface area contributed by atoms with Crippen molar-refractivity contribution < 1.29 is 54.0 Å². The van der Waals surface area contributed by atoms with Crippen LogP contribution < -0.4 is 11.1 Å². The first-order chi connectivity index (χ1) is 13.1. The summed E-state index contributed by atoms with van der Waals surface area (Å²) < 4.78 is 105. The second-order valence-corrected chi connectivity index (χ2v) is 6.61. The molecule has 0 saturated heterocycles. The van der Waals surface area contributed by atoms with Crippen LogP contribution in [0.5, 0.6) is 0 Å². The topological polar surface area (TPSA) is 148 Å². The van der Waals surface area contributed by atoms with Crippen molar-refractivity contribution in [3.63, 3.8) is 0 Å². The summed E-state index contributed by atoms with van der Waals surface area (Å²) >= 11 is 0. The number of ether oxygens (including phenoxy) is 2. The molecular formula is C14H12F5N2O7S-. The number of hydrogen-bond donors (Lipinski definition) is 2. The van der Waals surface area contributed by atoms with E-state index in [2.05, 4.69) is 21.4 Å². The Hall–Kier alpha value is -2.94. The summed E-state index contributed by atoms with van der Waals surface area (Å²) in [7, 11) is -6.82. The van der Waals surface area contributed by atoms with Crippen LogP contribution in [0.2, 0.25) is 0 Å². The lowest BCUT2D eigenvalue weighted by atomic mass is 10.1. The number of hydrogen-bond acceptors (Lipinski definition) is 8. The van der Waals surface area contributed by atoms with Crippen molar-refractivity contribution in [2.75, 3.05) is 17.7 Å². The van der Waals surface area contributed by atoms with Gasteiger partial charge >= 0.3 is 23.5 Å². The fourth-order valence-electron chi connectivity index (χ4n) is 1.72. The van der Waals surface area contributed by atoms with Crippen molar-refractivity contribution in [2.45, 2.75) is 17.5 Å². The first kappa shape index (κ1) is 24.1. The first-order valence-corrected chi connectivity index (χ1v) is 8.57. The van der Waals surface area contributed by atoms with Gasteiger partial charge in [-0.2, -0.15) is 22.0 Å². The van der Waals surface area contributed by atoms with Crippen LogP contribution in [0.3, 0.4) is 0 Å². The number of carbonyl (C=O) groups excluding carboxylic acids is 2. The van der Waals surface area contributed by atoms with E-state index in [-0.39, 0.29) is 12.3 Å². The van der Waals surface area contributed by atoms with E-state index >= 15 is 0 Å². The molecule has 1 aromatic carbocycles. The fourth-order valence-corrected chi connectivity index (χ4v) is 2.16. The number of esters is 1. The summed E-state index contributed by atoms with van der Waals surface area (Å²) in [6, 6.07) is 2.30. The van der Waals surface area contributed by atoms with Gasteiger partial charge in [0.25, 0.3) is 6.10 Å². The van der Waals surface area contributed by atoms with Crippen LogP contribution in [-0.2, 0) is 19.6 Å². The molecule has 0 aliphatic rings. The number of rotatable bonds is 7. The number of nitrogen functional groups attached to an aromatic ring is 1. The lowest BCUT2D eigenvalue weighted by Crippen LogP contribution is -2.52. The maximum atomic E-state index is 13.4. The number of carbonyl (C=O) groups is 2. The Morgan fingerprint density at radius 1 is 1.28 bits per heavy atom. The van der Waals surface area contributed by atoms with Gasteiger partial charge < -0.3 is 19.8 Å². The van der Waals surface area contributed by atoms with Crippen molar-refractivity contribution in [1.82, 2.24) is 0 Å². The zero-order chi connectivity index (χ0) is 22.6. The highest BCUT2D eigenvalue weighted by molar-refractivity contribution is 7.86. The first-order valence-electron chi connectivity index (χ1n) is 7.16. The second kappa shape index (κ2) is 8.60. The van der Waals surface area contributed by atoms with E-state index in [0.717, 1.165) is 12.1 Å². The lowest BCUT2D eigenvalue weighted by molar-refractivity contribution is -0.248. The Labute approximate surface area is 160 Å². The molecule has 9 nitrogen and oxygen atoms in total. The molecule has 0 fully saturated rings. The third kappa shape index (κ3) is 6.02. The highest BCUT2D eigenvalue weighted by atomic mass is 32.2.